The van der Waals surface area contributed by atoms with E-state index < -0.39 is 14.9 Å². The highest BCUT2D eigenvalue weighted by Crippen LogP contribution is 2.29. The smallest absolute Gasteiger partial charge is 0.270 e. The van der Waals surface area contributed by atoms with Crippen molar-refractivity contribution in [1.82, 2.24) is 9.29 Å². The van der Waals surface area contributed by atoms with Gasteiger partial charge < -0.3 is 4.90 Å². The summed E-state index contributed by atoms with van der Waals surface area (Å²) in [5, 5.41) is 12.5. The van der Waals surface area contributed by atoms with Gasteiger partial charge in [0.25, 0.3) is 5.69 Å². The number of rotatable bonds is 4. The van der Waals surface area contributed by atoms with E-state index in [1.165, 1.54) is 22.5 Å². The van der Waals surface area contributed by atoms with Gasteiger partial charge in [-0.15, -0.1) is 0 Å². The van der Waals surface area contributed by atoms with Gasteiger partial charge in [0.1, 0.15) is 0 Å². The minimum atomic E-state index is -3.80. The van der Waals surface area contributed by atoms with Gasteiger partial charge >= 0.3 is 0 Å². The third kappa shape index (κ3) is 3.76. The molecule has 0 N–H and O–H groups in total. The van der Waals surface area contributed by atoms with E-state index >= 15 is 0 Å². The van der Waals surface area contributed by atoms with Crippen LogP contribution in [0, 0.1) is 10.1 Å². The molecule has 1 fully saturated rings. The summed E-state index contributed by atoms with van der Waals surface area (Å²) in [6.07, 6.45) is 1.71. The quantitative estimate of drug-likeness (QED) is 0.463. The van der Waals surface area contributed by atoms with Crippen LogP contribution in [0.25, 0.3) is 10.9 Å². The lowest BCUT2D eigenvalue weighted by atomic mass is 10.1. The highest BCUT2D eigenvalue weighted by atomic mass is 35.5. The molecule has 150 valence electrons. The van der Waals surface area contributed by atoms with Crippen LogP contribution in [-0.4, -0.2) is 48.8 Å². The van der Waals surface area contributed by atoms with Gasteiger partial charge in [0.05, 0.1) is 15.3 Å². The van der Waals surface area contributed by atoms with E-state index in [1.807, 2.05) is 12.1 Å². The maximum atomic E-state index is 12.9. The normalized spacial score (nSPS) is 15.6. The molecule has 0 amide bonds. The first kappa shape index (κ1) is 19.6. The van der Waals surface area contributed by atoms with E-state index in [4.69, 9.17) is 11.6 Å². The van der Waals surface area contributed by atoms with Gasteiger partial charge in [0, 0.05) is 60.6 Å². The number of nitro groups is 1. The van der Waals surface area contributed by atoms with Crippen molar-refractivity contribution in [2.45, 2.75) is 4.90 Å². The topological polar surface area (TPSA) is 96.6 Å². The number of halogens is 1. The van der Waals surface area contributed by atoms with Gasteiger partial charge in [-0.3, -0.25) is 15.1 Å². The molecule has 2 aromatic carbocycles. The second kappa shape index (κ2) is 7.58. The monoisotopic (exact) mass is 432 g/mol. The van der Waals surface area contributed by atoms with Crippen molar-refractivity contribution in [3.63, 3.8) is 0 Å². The molecule has 3 aromatic rings. The summed E-state index contributed by atoms with van der Waals surface area (Å²) in [4.78, 5) is 16.7. The van der Waals surface area contributed by atoms with E-state index in [0.29, 0.717) is 18.1 Å². The van der Waals surface area contributed by atoms with Crippen molar-refractivity contribution in [3.05, 3.63) is 69.9 Å². The summed E-state index contributed by atoms with van der Waals surface area (Å²) >= 11 is 6.05. The molecule has 0 unspecified atom stereocenters. The second-order valence-electron chi connectivity index (χ2n) is 6.64. The first-order valence-corrected chi connectivity index (χ1v) is 10.7. The summed E-state index contributed by atoms with van der Waals surface area (Å²) in [5.74, 6) is 0. The molecule has 2 heterocycles. The predicted molar refractivity (Wildman–Crippen MR) is 111 cm³/mol. The Morgan fingerprint density at radius 1 is 1.03 bits per heavy atom. The zero-order valence-electron chi connectivity index (χ0n) is 15.2. The lowest BCUT2D eigenvalue weighted by Gasteiger charge is -2.35. The minimum Gasteiger partial charge on any atom is -0.368 e. The van der Waals surface area contributed by atoms with Crippen molar-refractivity contribution >= 4 is 43.9 Å². The maximum absolute atomic E-state index is 12.9. The molecule has 1 aliphatic rings. The fraction of sp³-hybridized carbons (Fsp3) is 0.211. The molecule has 8 nitrogen and oxygen atoms in total. The number of benzene rings is 2. The Balaban J connectivity index is 1.55. The Morgan fingerprint density at radius 2 is 1.79 bits per heavy atom. The summed E-state index contributed by atoms with van der Waals surface area (Å²) in [6.45, 7) is 1.55. The fourth-order valence-electron chi connectivity index (χ4n) is 3.46. The highest BCUT2D eigenvalue weighted by Gasteiger charge is 2.30. The number of anilines is 1. The van der Waals surface area contributed by atoms with Gasteiger partial charge in [-0.1, -0.05) is 17.7 Å². The number of hydrogen-bond acceptors (Lipinski definition) is 6. The van der Waals surface area contributed by atoms with Crippen LogP contribution in [-0.2, 0) is 10.0 Å². The number of piperazine rings is 1. The number of pyridine rings is 1. The first-order valence-electron chi connectivity index (χ1n) is 8.90. The van der Waals surface area contributed by atoms with Crippen molar-refractivity contribution in [3.8, 4) is 0 Å². The SMILES string of the molecule is O=[N+]([O-])c1cccc(S(=O)(=O)N2CCN(c3ccnc4cc(Cl)ccc34)CC2)c1. The van der Waals surface area contributed by atoms with Crippen molar-refractivity contribution in [1.29, 1.82) is 0 Å². The number of aromatic nitrogens is 1. The number of nitro benzene ring substituents is 1. The van der Waals surface area contributed by atoms with Crippen LogP contribution < -0.4 is 4.90 Å². The molecule has 10 heteroatoms. The zero-order valence-corrected chi connectivity index (χ0v) is 16.8. The third-order valence-electron chi connectivity index (χ3n) is 4.93. The van der Waals surface area contributed by atoms with Crippen LogP contribution in [0.3, 0.4) is 0 Å². The predicted octanol–water partition coefficient (Wildman–Crippen LogP) is 3.31. The van der Waals surface area contributed by atoms with Gasteiger partial charge in [-0.05, 0) is 30.3 Å². The zero-order chi connectivity index (χ0) is 20.6. The molecular formula is C19H17ClN4O4S. The summed E-state index contributed by atoms with van der Waals surface area (Å²) in [7, 11) is -3.80. The molecule has 1 aliphatic heterocycles. The molecular weight excluding hydrogens is 416 g/mol. The lowest BCUT2D eigenvalue weighted by molar-refractivity contribution is -0.385. The Morgan fingerprint density at radius 3 is 2.52 bits per heavy atom. The number of sulfonamides is 1. The van der Waals surface area contributed by atoms with E-state index in [0.717, 1.165) is 22.7 Å². The largest absolute Gasteiger partial charge is 0.368 e. The molecule has 0 radical (unpaired) electrons. The Kier molecular flexibility index (Phi) is 5.12. The van der Waals surface area contributed by atoms with Gasteiger partial charge in [0.2, 0.25) is 10.0 Å². The molecule has 1 saturated heterocycles. The average Bonchev–Trinajstić information content (AvgIpc) is 2.73. The Labute approximate surface area is 172 Å². The van der Waals surface area contributed by atoms with Crippen molar-refractivity contribution < 1.29 is 13.3 Å². The number of fused-ring (bicyclic) bond motifs is 1. The second-order valence-corrected chi connectivity index (χ2v) is 9.01. The number of nitrogens with zero attached hydrogens (tertiary/aromatic N) is 4. The molecule has 0 saturated carbocycles. The third-order valence-corrected chi connectivity index (χ3v) is 7.06. The van der Waals surface area contributed by atoms with Crippen LogP contribution >= 0.6 is 11.6 Å². The van der Waals surface area contributed by atoms with E-state index in [1.54, 1.807) is 18.3 Å². The van der Waals surface area contributed by atoms with Crippen LogP contribution in [0.4, 0.5) is 11.4 Å². The average molecular weight is 433 g/mol. The van der Waals surface area contributed by atoms with Crippen LogP contribution in [0.1, 0.15) is 0 Å². The molecule has 0 spiro atoms. The molecule has 0 atom stereocenters. The van der Waals surface area contributed by atoms with Crippen molar-refractivity contribution in [2.75, 3.05) is 31.1 Å². The van der Waals surface area contributed by atoms with E-state index in [9.17, 15) is 18.5 Å². The molecule has 1 aromatic heterocycles. The molecule has 0 aliphatic carbocycles. The Hall–Kier alpha value is -2.75. The van der Waals surface area contributed by atoms with Crippen LogP contribution in [0.15, 0.2) is 59.6 Å². The molecule has 29 heavy (non-hydrogen) atoms. The van der Waals surface area contributed by atoms with E-state index in [-0.39, 0.29) is 23.7 Å². The highest BCUT2D eigenvalue weighted by molar-refractivity contribution is 7.89. The summed E-state index contributed by atoms with van der Waals surface area (Å²) in [5.41, 5.74) is 1.51. The minimum absolute atomic E-state index is 0.0656. The first-order chi connectivity index (χ1) is 13.9. The van der Waals surface area contributed by atoms with Gasteiger partial charge in [-0.25, -0.2) is 8.42 Å². The standard InChI is InChI=1S/C19H17ClN4O4S/c20-14-4-5-17-18(12-14)21-7-6-19(17)22-8-10-23(11-9-22)29(27,28)16-3-1-2-15(13-16)24(25)26/h1-7,12-13H,8-11H2. The summed E-state index contributed by atoms with van der Waals surface area (Å²) in [6, 6.07) is 12.6. The van der Waals surface area contributed by atoms with E-state index in [2.05, 4.69) is 9.88 Å². The van der Waals surface area contributed by atoms with Crippen LogP contribution in [0.5, 0.6) is 0 Å². The van der Waals surface area contributed by atoms with Gasteiger partial charge in [0.15, 0.2) is 0 Å². The number of non-ortho nitro benzene ring substituents is 1. The van der Waals surface area contributed by atoms with Crippen molar-refractivity contribution in [2.24, 2.45) is 0 Å². The number of hydrogen-bond donors (Lipinski definition) is 0. The Bertz CT molecular complexity index is 1190. The lowest BCUT2D eigenvalue weighted by Crippen LogP contribution is -2.48. The molecule has 0 bridgehead atoms. The summed E-state index contributed by atoms with van der Waals surface area (Å²) < 4.78 is 27.2. The maximum Gasteiger partial charge on any atom is 0.270 e. The van der Waals surface area contributed by atoms with Gasteiger partial charge in [-0.2, -0.15) is 4.31 Å². The fourth-order valence-corrected chi connectivity index (χ4v) is 5.09. The molecule has 4 rings (SSSR count). The van der Waals surface area contributed by atoms with Crippen LogP contribution in [0.2, 0.25) is 5.02 Å².